The fourth-order valence-corrected chi connectivity index (χ4v) is 1.70. The molecular formula is C10H15N3. The first-order valence-corrected chi connectivity index (χ1v) is 4.70. The molecule has 2 N–H and O–H groups in total. The average Bonchev–Trinajstić information content (AvgIpc) is 2.12. The fourth-order valence-electron chi connectivity index (χ4n) is 1.70. The van der Waals surface area contributed by atoms with Gasteiger partial charge in [-0.1, -0.05) is 0 Å². The highest BCUT2D eigenvalue weighted by atomic mass is 15.2. The van der Waals surface area contributed by atoms with Crippen LogP contribution in [0.1, 0.15) is 5.56 Å². The van der Waals surface area contributed by atoms with Crippen LogP contribution in [0.5, 0.6) is 0 Å². The van der Waals surface area contributed by atoms with Crippen molar-refractivity contribution in [2.45, 2.75) is 6.54 Å². The van der Waals surface area contributed by atoms with Crippen molar-refractivity contribution in [2.75, 3.05) is 19.6 Å². The smallest absolute Gasteiger partial charge is 0.0271 e. The van der Waals surface area contributed by atoms with Crippen LogP contribution in [-0.4, -0.2) is 29.5 Å². The number of pyridine rings is 1. The Bertz CT molecular complexity index is 254. The Labute approximate surface area is 78.6 Å². The van der Waals surface area contributed by atoms with Crippen LogP contribution in [0.15, 0.2) is 24.5 Å². The van der Waals surface area contributed by atoms with E-state index in [0.717, 1.165) is 32.1 Å². The van der Waals surface area contributed by atoms with E-state index in [2.05, 4.69) is 22.0 Å². The SMILES string of the molecule is NCC1CN(Cc2ccncc2)C1. The lowest BCUT2D eigenvalue weighted by atomic mass is 10.00. The Balaban J connectivity index is 1.81. The van der Waals surface area contributed by atoms with Crippen LogP contribution in [-0.2, 0) is 6.54 Å². The highest BCUT2D eigenvalue weighted by Crippen LogP contribution is 2.16. The molecule has 1 aromatic rings. The zero-order valence-electron chi connectivity index (χ0n) is 7.69. The quantitative estimate of drug-likeness (QED) is 0.730. The first kappa shape index (κ1) is 8.66. The summed E-state index contributed by atoms with van der Waals surface area (Å²) in [6, 6.07) is 4.13. The van der Waals surface area contributed by atoms with E-state index in [9.17, 15) is 0 Å². The highest BCUT2D eigenvalue weighted by molar-refractivity contribution is 5.10. The minimum atomic E-state index is 0.724. The van der Waals surface area contributed by atoms with Crippen LogP contribution in [0.3, 0.4) is 0 Å². The van der Waals surface area contributed by atoms with Gasteiger partial charge in [-0.3, -0.25) is 9.88 Å². The fraction of sp³-hybridized carbons (Fsp3) is 0.500. The molecule has 0 radical (unpaired) electrons. The van der Waals surface area contributed by atoms with Gasteiger partial charge in [-0.05, 0) is 30.2 Å². The predicted molar refractivity (Wildman–Crippen MR) is 52.1 cm³/mol. The van der Waals surface area contributed by atoms with Gasteiger partial charge in [0.1, 0.15) is 0 Å². The van der Waals surface area contributed by atoms with Crippen LogP contribution < -0.4 is 5.73 Å². The number of nitrogens with zero attached hydrogens (tertiary/aromatic N) is 2. The van der Waals surface area contributed by atoms with Gasteiger partial charge in [0.2, 0.25) is 0 Å². The number of hydrogen-bond donors (Lipinski definition) is 1. The van der Waals surface area contributed by atoms with Gasteiger partial charge in [-0.2, -0.15) is 0 Å². The van der Waals surface area contributed by atoms with Crippen molar-refractivity contribution >= 4 is 0 Å². The first-order chi connectivity index (χ1) is 6.38. The van der Waals surface area contributed by atoms with E-state index >= 15 is 0 Å². The molecule has 0 spiro atoms. The normalized spacial score (nSPS) is 18.5. The van der Waals surface area contributed by atoms with Crippen LogP contribution >= 0.6 is 0 Å². The summed E-state index contributed by atoms with van der Waals surface area (Å²) in [6.45, 7) is 4.17. The lowest BCUT2D eigenvalue weighted by Crippen LogP contribution is -2.49. The summed E-state index contributed by atoms with van der Waals surface area (Å²) in [4.78, 5) is 6.40. The van der Waals surface area contributed by atoms with Crippen molar-refractivity contribution in [1.82, 2.24) is 9.88 Å². The van der Waals surface area contributed by atoms with Gasteiger partial charge in [-0.15, -0.1) is 0 Å². The Morgan fingerprint density at radius 2 is 2.08 bits per heavy atom. The van der Waals surface area contributed by atoms with Crippen molar-refractivity contribution < 1.29 is 0 Å². The molecule has 0 saturated carbocycles. The van der Waals surface area contributed by atoms with Gasteiger partial charge in [0.15, 0.2) is 0 Å². The maximum Gasteiger partial charge on any atom is 0.0271 e. The van der Waals surface area contributed by atoms with Crippen molar-refractivity contribution in [2.24, 2.45) is 11.7 Å². The topological polar surface area (TPSA) is 42.1 Å². The third-order valence-corrected chi connectivity index (χ3v) is 2.52. The molecule has 0 amide bonds. The Morgan fingerprint density at radius 3 is 2.69 bits per heavy atom. The Morgan fingerprint density at radius 1 is 1.38 bits per heavy atom. The summed E-state index contributed by atoms with van der Waals surface area (Å²) < 4.78 is 0. The van der Waals surface area contributed by atoms with E-state index in [0.29, 0.717) is 0 Å². The minimum Gasteiger partial charge on any atom is -0.330 e. The van der Waals surface area contributed by atoms with Gasteiger partial charge in [0, 0.05) is 32.0 Å². The van der Waals surface area contributed by atoms with Crippen molar-refractivity contribution in [1.29, 1.82) is 0 Å². The maximum atomic E-state index is 5.55. The number of likely N-dealkylation sites (tertiary alicyclic amines) is 1. The molecule has 2 rings (SSSR count). The molecule has 70 valence electrons. The molecule has 1 aliphatic rings. The molecule has 3 heteroatoms. The average molecular weight is 177 g/mol. The Hall–Kier alpha value is -0.930. The molecular weight excluding hydrogens is 162 g/mol. The van der Waals surface area contributed by atoms with E-state index < -0.39 is 0 Å². The van der Waals surface area contributed by atoms with E-state index in [4.69, 9.17) is 5.73 Å². The molecule has 1 saturated heterocycles. The zero-order chi connectivity index (χ0) is 9.10. The first-order valence-electron chi connectivity index (χ1n) is 4.70. The van der Waals surface area contributed by atoms with Gasteiger partial charge >= 0.3 is 0 Å². The van der Waals surface area contributed by atoms with Crippen LogP contribution in [0.25, 0.3) is 0 Å². The standard InChI is InChI=1S/C10H15N3/c11-5-10-7-13(8-10)6-9-1-3-12-4-2-9/h1-4,10H,5-8,11H2. The summed E-state index contributed by atoms with van der Waals surface area (Å²) in [7, 11) is 0. The third-order valence-electron chi connectivity index (χ3n) is 2.52. The maximum absolute atomic E-state index is 5.55. The van der Waals surface area contributed by atoms with Gasteiger partial charge < -0.3 is 5.73 Å². The molecule has 0 aliphatic carbocycles. The summed E-state index contributed by atoms with van der Waals surface area (Å²) in [6.07, 6.45) is 3.69. The number of nitrogens with two attached hydrogens (primary N) is 1. The van der Waals surface area contributed by atoms with Crippen LogP contribution in [0.4, 0.5) is 0 Å². The largest absolute Gasteiger partial charge is 0.330 e. The van der Waals surface area contributed by atoms with Crippen LogP contribution in [0.2, 0.25) is 0 Å². The minimum absolute atomic E-state index is 0.724. The Kier molecular flexibility index (Phi) is 2.57. The summed E-state index contributed by atoms with van der Waals surface area (Å²) in [5.74, 6) is 0.724. The molecule has 1 fully saturated rings. The second kappa shape index (κ2) is 3.85. The predicted octanol–water partition coefficient (Wildman–Crippen LogP) is 0.472. The van der Waals surface area contributed by atoms with Gasteiger partial charge in [0.05, 0.1) is 0 Å². The lowest BCUT2D eigenvalue weighted by molar-refractivity contribution is 0.0979. The van der Waals surface area contributed by atoms with Crippen molar-refractivity contribution in [3.8, 4) is 0 Å². The molecule has 0 aromatic carbocycles. The second-order valence-corrected chi connectivity index (χ2v) is 3.65. The highest BCUT2D eigenvalue weighted by Gasteiger charge is 2.24. The van der Waals surface area contributed by atoms with E-state index in [-0.39, 0.29) is 0 Å². The van der Waals surface area contributed by atoms with E-state index in [1.54, 1.807) is 0 Å². The van der Waals surface area contributed by atoms with Gasteiger partial charge in [-0.25, -0.2) is 0 Å². The molecule has 13 heavy (non-hydrogen) atoms. The van der Waals surface area contributed by atoms with Gasteiger partial charge in [0.25, 0.3) is 0 Å². The number of rotatable bonds is 3. The number of aromatic nitrogens is 1. The molecule has 2 heterocycles. The molecule has 0 unspecified atom stereocenters. The molecule has 1 aliphatic heterocycles. The molecule has 0 bridgehead atoms. The molecule has 0 atom stereocenters. The van der Waals surface area contributed by atoms with Crippen molar-refractivity contribution in [3.05, 3.63) is 30.1 Å². The van der Waals surface area contributed by atoms with E-state index in [1.165, 1.54) is 5.56 Å². The van der Waals surface area contributed by atoms with E-state index in [1.807, 2.05) is 12.4 Å². The monoisotopic (exact) mass is 177 g/mol. The summed E-state index contributed by atoms with van der Waals surface area (Å²) >= 11 is 0. The molecule has 3 nitrogen and oxygen atoms in total. The lowest BCUT2D eigenvalue weighted by Gasteiger charge is -2.38. The van der Waals surface area contributed by atoms with Crippen molar-refractivity contribution in [3.63, 3.8) is 0 Å². The second-order valence-electron chi connectivity index (χ2n) is 3.65. The summed E-state index contributed by atoms with van der Waals surface area (Å²) in [5, 5.41) is 0. The van der Waals surface area contributed by atoms with Crippen LogP contribution in [0, 0.1) is 5.92 Å². The molecule has 1 aromatic heterocycles. The zero-order valence-corrected chi connectivity index (χ0v) is 7.69. The number of hydrogen-bond acceptors (Lipinski definition) is 3. The summed E-state index contributed by atoms with van der Waals surface area (Å²) in [5.41, 5.74) is 6.89. The third kappa shape index (κ3) is 2.05.